The van der Waals surface area contributed by atoms with E-state index in [-0.39, 0.29) is 5.91 Å². The number of aromatic nitrogens is 1. The summed E-state index contributed by atoms with van der Waals surface area (Å²) in [5.74, 6) is -0.610. The van der Waals surface area contributed by atoms with Crippen molar-refractivity contribution in [1.29, 1.82) is 0 Å². The minimum Gasteiger partial charge on any atom is -0.465 e. The summed E-state index contributed by atoms with van der Waals surface area (Å²) in [6.45, 7) is 0. The molecule has 24 heavy (non-hydrogen) atoms. The van der Waals surface area contributed by atoms with Crippen molar-refractivity contribution in [3.8, 4) is 0 Å². The Hall–Kier alpha value is -3.34. The molecule has 0 spiro atoms. The Labute approximate surface area is 137 Å². The molecule has 2 aromatic carbocycles. The third-order valence-electron chi connectivity index (χ3n) is 4.15. The minimum absolute atomic E-state index is 0.181. The molecule has 5 heteroatoms. The summed E-state index contributed by atoms with van der Waals surface area (Å²) in [6.07, 6.45) is 3.74. The standard InChI is InChI=1S/C19H14N2O3/c1-24-19(23)12-5-6-14-15(18(22)21-17(14)10-12)9-11-3-2-4-16-13(11)7-8-20-16/h2-10,20H,1H3,(H,21,22)/b15-9-. The second-order valence-electron chi connectivity index (χ2n) is 5.55. The van der Waals surface area contributed by atoms with E-state index in [1.807, 2.05) is 36.5 Å². The molecule has 0 saturated heterocycles. The Morgan fingerprint density at radius 2 is 2.04 bits per heavy atom. The van der Waals surface area contributed by atoms with Gasteiger partial charge in [0.15, 0.2) is 0 Å². The van der Waals surface area contributed by atoms with E-state index in [0.717, 1.165) is 22.0 Å². The molecule has 1 aliphatic heterocycles. The van der Waals surface area contributed by atoms with E-state index in [9.17, 15) is 9.59 Å². The zero-order chi connectivity index (χ0) is 16.7. The molecule has 0 saturated carbocycles. The van der Waals surface area contributed by atoms with Crippen molar-refractivity contribution >= 4 is 40.1 Å². The van der Waals surface area contributed by atoms with Gasteiger partial charge in [0.25, 0.3) is 5.91 Å². The smallest absolute Gasteiger partial charge is 0.337 e. The fourth-order valence-electron chi connectivity index (χ4n) is 2.97. The molecule has 1 aliphatic rings. The van der Waals surface area contributed by atoms with Crippen molar-refractivity contribution in [3.63, 3.8) is 0 Å². The van der Waals surface area contributed by atoms with Gasteiger partial charge in [0.1, 0.15) is 0 Å². The van der Waals surface area contributed by atoms with Gasteiger partial charge < -0.3 is 15.0 Å². The van der Waals surface area contributed by atoms with Crippen LogP contribution in [0.3, 0.4) is 0 Å². The third-order valence-corrected chi connectivity index (χ3v) is 4.15. The van der Waals surface area contributed by atoms with Crippen LogP contribution in [0.4, 0.5) is 5.69 Å². The van der Waals surface area contributed by atoms with Crippen molar-refractivity contribution in [2.45, 2.75) is 0 Å². The Bertz CT molecular complexity index is 1010. The largest absolute Gasteiger partial charge is 0.465 e. The predicted molar refractivity (Wildman–Crippen MR) is 92.6 cm³/mol. The van der Waals surface area contributed by atoms with Crippen LogP contribution >= 0.6 is 0 Å². The molecule has 0 fully saturated rings. The van der Waals surface area contributed by atoms with Gasteiger partial charge in [-0.3, -0.25) is 4.79 Å². The molecule has 0 bridgehead atoms. The van der Waals surface area contributed by atoms with E-state index in [4.69, 9.17) is 4.74 Å². The van der Waals surface area contributed by atoms with E-state index in [0.29, 0.717) is 16.8 Å². The topological polar surface area (TPSA) is 71.2 Å². The first kappa shape index (κ1) is 14.3. The monoisotopic (exact) mass is 318 g/mol. The van der Waals surface area contributed by atoms with Crippen LogP contribution in [0, 0.1) is 0 Å². The summed E-state index contributed by atoms with van der Waals surface area (Å²) in [7, 11) is 1.33. The van der Waals surface area contributed by atoms with Gasteiger partial charge in [-0.2, -0.15) is 0 Å². The number of carbonyl (C=O) groups is 2. The van der Waals surface area contributed by atoms with Crippen LogP contribution in [0.25, 0.3) is 22.6 Å². The van der Waals surface area contributed by atoms with E-state index in [1.54, 1.807) is 18.2 Å². The number of aromatic amines is 1. The van der Waals surface area contributed by atoms with Crippen LogP contribution < -0.4 is 5.32 Å². The van der Waals surface area contributed by atoms with E-state index >= 15 is 0 Å². The van der Waals surface area contributed by atoms with Crippen molar-refractivity contribution in [1.82, 2.24) is 4.98 Å². The number of benzene rings is 2. The fourth-order valence-corrected chi connectivity index (χ4v) is 2.97. The molecule has 0 aliphatic carbocycles. The molecule has 118 valence electrons. The molecule has 5 nitrogen and oxygen atoms in total. The lowest BCUT2D eigenvalue weighted by Gasteiger charge is -2.03. The maximum atomic E-state index is 12.4. The number of carbonyl (C=O) groups excluding carboxylic acids is 2. The lowest BCUT2D eigenvalue weighted by molar-refractivity contribution is -0.110. The van der Waals surface area contributed by atoms with E-state index in [2.05, 4.69) is 10.3 Å². The summed E-state index contributed by atoms with van der Waals surface area (Å²) in [6, 6.07) is 12.9. The summed E-state index contributed by atoms with van der Waals surface area (Å²) in [5.41, 5.74) is 4.36. The van der Waals surface area contributed by atoms with Gasteiger partial charge in [-0.15, -0.1) is 0 Å². The maximum absolute atomic E-state index is 12.4. The zero-order valence-corrected chi connectivity index (χ0v) is 12.9. The van der Waals surface area contributed by atoms with Crippen molar-refractivity contribution in [2.24, 2.45) is 0 Å². The number of nitrogens with one attached hydrogen (secondary N) is 2. The molecule has 2 heterocycles. The molecule has 0 radical (unpaired) electrons. The average molecular weight is 318 g/mol. The van der Waals surface area contributed by atoms with Gasteiger partial charge in [-0.1, -0.05) is 18.2 Å². The van der Waals surface area contributed by atoms with Crippen LogP contribution in [0.5, 0.6) is 0 Å². The first-order valence-corrected chi connectivity index (χ1v) is 7.49. The molecule has 2 N–H and O–H groups in total. The highest BCUT2D eigenvalue weighted by Gasteiger charge is 2.25. The quantitative estimate of drug-likeness (QED) is 0.561. The lowest BCUT2D eigenvalue weighted by Crippen LogP contribution is -2.04. The third kappa shape index (κ3) is 2.18. The number of fused-ring (bicyclic) bond motifs is 2. The normalized spacial score (nSPS) is 14.7. The molecule has 3 aromatic rings. The van der Waals surface area contributed by atoms with Gasteiger partial charge in [0.2, 0.25) is 0 Å². The summed E-state index contributed by atoms with van der Waals surface area (Å²) < 4.78 is 4.71. The van der Waals surface area contributed by atoms with Crippen LogP contribution in [-0.4, -0.2) is 24.0 Å². The fraction of sp³-hybridized carbons (Fsp3) is 0.0526. The number of esters is 1. The van der Waals surface area contributed by atoms with Crippen LogP contribution in [0.2, 0.25) is 0 Å². The number of rotatable bonds is 2. The summed E-state index contributed by atoms with van der Waals surface area (Å²) in [4.78, 5) is 27.1. The van der Waals surface area contributed by atoms with Crippen molar-refractivity contribution in [2.75, 3.05) is 12.4 Å². The number of hydrogen-bond donors (Lipinski definition) is 2. The highest BCUT2D eigenvalue weighted by atomic mass is 16.5. The SMILES string of the molecule is COC(=O)c1ccc2c(c1)NC(=O)/C2=C\c1cccc2[nH]ccc12. The van der Waals surface area contributed by atoms with Crippen LogP contribution in [0.1, 0.15) is 21.5 Å². The van der Waals surface area contributed by atoms with Gasteiger partial charge in [-0.05, 0) is 35.9 Å². The Kier molecular flexibility index (Phi) is 3.20. The number of methoxy groups -OCH3 is 1. The van der Waals surface area contributed by atoms with Gasteiger partial charge in [0.05, 0.1) is 12.7 Å². The van der Waals surface area contributed by atoms with Gasteiger partial charge in [-0.25, -0.2) is 4.79 Å². The molecule has 0 unspecified atom stereocenters. The molecular formula is C19H14N2O3. The maximum Gasteiger partial charge on any atom is 0.337 e. The number of hydrogen-bond acceptors (Lipinski definition) is 3. The van der Waals surface area contributed by atoms with E-state index < -0.39 is 5.97 Å². The molecular weight excluding hydrogens is 304 g/mol. The predicted octanol–water partition coefficient (Wildman–Crippen LogP) is 3.45. The summed E-state index contributed by atoms with van der Waals surface area (Å²) >= 11 is 0. The van der Waals surface area contributed by atoms with E-state index in [1.165, 1.54) is 7.11 Å². The Morgan fingerprint density at radius 3 is 2.88 bits per heavy atom. The molecule has 0 atom stereocenters. The second kappa shape index (κ2) is 5.38. The van der Waals surface area contributed by atoms with Crippen molar-refractivity contribution in [3.05, 3.63) is 65.4 Å². The van der Waals surface area contributed by atoms with Crippen molar-refractivity contribution < 1.29 is 14.3 Å². The number of H-pyrrole nitrogens is 1. The molecule has 1 amide bonds. The Balaban J connectivity index is 1.82. The molecule has 1 aromatic heterocycles. The highest BCUT2D eigenvalue weighted by Crippen LogP contribution is 2.34. The highest BCUT2D eigenvalue weighted by molar-refractivity contribution is 6.35. The molecule has 4 rings (SSSR count). The average Bonchev–Trinajstić information content (AvgIpc) is 3.19. The lowest BCUT2D eigenvalue weighted by atomic mass is 10.0. The van der Waals surface area contributed by atoms with Crippen LogP contribution in [-0.2, 0) is 9.53 Å². The second-order valence-corrected chi connectivity index (χ2v) is 5.55. The minimum atomic E-state index is -0.429. The Morgan fingerprint density at radius 1 is 1.17 bits per heavy atom. The van der Waals surface area contributed by atoms with Crippen LogP contribution in [0.15, 0.2) is 48.7 Å². The number of anilines is 1. The summed E-state index contributed by atoms with van der Waals surface area (Å²) in [5, 5.41) is 3.86. The van der Waals surface area contributed by atoms with Gasteiger partial charge >= 0.3 is 5.97 Å². The zero-order valence-electron chi connectivity index (χ0n) is 12.9. The number of ether oxygens (including phenoxy) is 1. The first-order valence-electron chi connectivity index (χ1n) is 7.49. The number of amides is 1. The van der Waals surface area contributed by atoms with Gasteiger partial charge in [0, 0.05) is 33.9 Å². The first-order chi connectivity index (χ1) is 11.7.